The lowest BCUT2D eigenvalue weighted by Gasteiger charge is -2.15. The first-order valence-corrected chi connectivity index (χ1v) is 7.58. The summed E-state index contributed by atoms with van der Waals surface area (Å²) in [6, 6.07) is 12.9. The van der Waals surface area contributed by atoms with Crippen LogP contribution in [-0.4, -0.2) is 29.8 Å². The maximum Gasteiger partial charge on any atom is 0.269 e. The van der Waals surface area contributed by atoms with Crippen LogP contribution in [-0.2, 0) is 0 Å². The van der Waals surface area contributed by atoms with Gasteiger partial charge in [0.1, 0.15) is 5.84 Å². The summed E-state index contributed by atoms with van der Waals surface area (Å²) < 4.78 is 0. The van der Waals surface area contributed by atoms with Crippen molar-refractivity contribution in [3.63, 3.8) is 0 Å². The van der Waals surface area contributed by atoms with Gasteiger partial charge in [0.15, 0.2) is 0 Å². The minimum atomic E-state index is -0.497. The van der Waals surface area contributed by atoms with Crippen LogP contribution in [0.1, 0.15) is 22.3 Å². The lowest BCUT2D eigenvalue weighted by atomic mass is 10.1. The number of carbonyl (C=O) groups excluding carboxylic acids is 1. The van der Waals surface area contributed by atoms with Gasteiger partial charge >= 0.3 is 0 Å². The van der Waals surface area contributed by atoms with E-state index in [0.29, 0.717) is 11.3 Å². The smallest absolute Gasteiger partial charge is 0.269 e. The highest BCUT2D eigenvalue weighted by molar-refractivity contribution is 6.05. The Balaban J connectivity index is 1.74. The van der Waals surface area contributed by atoms with Gasteiger partial charge in [0.25, 0.3) is 11.6 Å². The first-order valence-electron chi connectivity index (χ1n) is 7.58. The predicted molar refractivity (Wildman–Crippen MR) is 91.5 cm³/mol. The Morgan fingerprint density at radius 1 is 1.21 bits per heavy atom. The Morgan fingerprint density at radius 3 is 2.67 bits per heavy atom. The molecule has 3 rings (SSSR count). The van der Waals surface area contributed by atoms with Crippen LogP contribution in [0.25, 0.3) is 0 Å². The number of non-ortho nitro benzene ring substituents is 1. The van der Waals surface area contributed by atoms with Crippen molar-refractivity contribution in [1.29, 1.82) is 0 Å². The highest BCUT2D eigenvalue weighted by atomic mass is 16.6. The zero-order valence-corrected chi connectivity index (χ0v) is 12.9. The van der Waals surface area contributed by atoms with Crippen molar-refractivity contribution in [1.82, 2.24) is 5.32 Å². The van der Waals surface area contributed by atoms with E-state index in [-0.39, 0.29) is 11.6 Å². The van der Waals surface area contributed by atoms with Gasteiger partial charge in [-0.15, -0.1) is 0 Å². The molecule has 1 heterocycles. The molecule has 2 N–H and O–H groups in total. The standard InChI is InChI=1S/C17H16N4O3/c22-17(12-5-7-15(8-6-12)21(23)24)20-14-4-1-3-13(11-14)16-18-9-2-10-19-16/h1,3-8,11H,2,9-10H2,(H,18,19)(H,20,22). The fraction of sp³-hybridized carbons (Fsp3) is 0.176. The van der Waals surface area contributed by atoms with Gasteiger partial charge in [-0.1, -0.05) is 12.1 Å². The minimum absolute atomic E-state index is 0.0464. The van der Waals surface area contributed by atoms with E-state index in [1.807, 2.05) is 18.2 Å². The van der Waals surface area contributed by atoms with Crippen LogP contribution < -0.4 is 10.6 Å². The number of hydrogen-bond acceptors (Lipinski definition) is 5. The first kappa shape index (κ1) is 15.7. The van der Waals surface area contributed by atoms with Gasteiger partial charge in [-0.2, -0.15) is 0 Å². The summed E-state index contributed by atoms with van der Waals surface area (Å²) >= 11 is 0. The van der Waals surface area contributed by atoms with Crippen LogP contribution in [0.15, 0.2) is 53.5 Å². The fourth-order valence-electron chi connectivity index (χ4n) is 2.41. The Hall–Kier alpha value is -3.22. The molecule has 0 aliphatic carbocycles. The zero-order chi connectivity index (χ0) is 16.9. The van der Waals surface area contributed by atoms with E-state index in [1.165, 1.54) is 24.3 Å². The van der Waals surface area contributed by atoms with E-state index in [1.54, 1.807) is 6.07 Å². The van der Waals surface area contributed by atoms with E-state index in [9.17, 15) is 14.9 Å². The molecule has 0 aromatic heterocycles. The molecule has 0 saturated carbocycles. The van der Waals surface area contributed by atoms with Crippen molar-refractivity contribution < 1.29 is 9.72 Å². The third-order valence-electron chi connectivity index (χ3n) is 3.63. The molecule has 2 aromatic carbocycles. The van der Waals surface area contributed by atoms with Crippen LogP contribution in [0.4, 0.5) is 11.4 Å². The fourth-order valence-corrected chi connectivity index (χ4v) is 2.41. The van der Waals surface area contributed by atoms with Crippen LogP contribution in [0.2, 0.25) is 0 Å². The topological polar surface area (TPSA) is 96.6 Å². The number of rotatable bonds is 4. The molecule has 0 atom stereocenters. The van der Waals surface area contributed by atoms with Crippen LogP contribution >= 0.6 is 0 Å². The maximum atomic E-state index is 12.3. The highest BCUT2D eigenvalue weighted by Gasteiger charge is 2.11. The second-order valence-corrected chi connectivity index (χ2v) is 5.35. The number of nitrogens with one attached hydrogen (secondary N) is 2. The molecule has 0 unspecified atom stereocenters. The van der Waals surface area contributed by atoms with Gasteiger partial charge in [-0.3, -0.25) is 19.9 Å². The lowest BCUT2D eigenvalue weighted by Crippen LogP contribution is -2.30. The van der Waals surface area contributed by atoms with Gasteiger partial charge < -0.3 is 10.6 Å². The van der Waals surface area contributed by atoms with Gasteiger partial charge in [0.2, 0.25) is 0 Å². The molecule has 1 amide bonds. The molecular formula is C17H16N4O3. The molecule has 0 bridgehead atoms. The number of amidine groups is 1. The zero-order valence-electron chi connectivity index (χ0n) is 12.9. The van der Waals surface area contributed by atoms with E-state index in [2.05, 4.69) is 15.6 Å². The van der Waals surface area contributed by atoms with Crippen molar-refractivity contribution in [2.24, 2.45) is 4.99 Å². The third-order valence-corrected chi connectivity index (χ3v) is 3.63. The molecule has 0 spiro atoms. The number of anilines is 1. The van der Waals surface area contributed by atoms with E-state index < -0.39 is 4.92 Å². The molecule has 0 saturated heterocycles. The van der Waals surface area contributed by atoms with Crippen molar-refractivity contribution in [2.75, 3.05) is 18.4 Å². The molecule has 0 fully saturated rings. The molecule has 1 aliphatic heterocycles. The monoisotopic (exact) mass is 324 g/mol. The van der Waals surface area contributed by atoms with Crippen molar-refractivity contribution in [3.05, 3.63) is 69.8 Å². The van der Waals surface area contributed by atoms with Crippen molar-refractivity contribution >= 4 is 23.1 Å². The summed E-state index contributed by atoms with van der Waals surface area (Å²) in [5, 5.41) is 16.7. The summed E-state index contributed by atoms with van der Waals surface area (Å²) in [4.78, 5) is 26.8. The van der Waals surface area contributed by atoms with E-state index in [4.69, 9.17) is 0 Å². The van der Waals surface area contributed by atoms with Crippen LogP contribution in [0.5, 0.6) is 0 Å². The van der Waals surface area contributed by atoms with Gasteiger partial charge in [0.05, 0.1) is 4.92 Å². The lowest BCUT2D eigenvalue weighted by molar-refractivity contribution is -0.384. The number of nitro benzene ring substituents is 1. The summed E-state index contributed by atoms with van der Waals surface area (Å²) in [5.41, 5.74) is 1.87. The number of hydrogen-bond donors (Lipinski definition) is 2. The number of amides is 1. The van der Waals surface area contributed by atoms with Gasteiger partial charge in [0, 0.05) is 42.0 Å². The van der Waals surface area contributed by atoms with Gasteiger partial charge in [-0.05, 0) is 30.7 Å². The number of nitro groups is 1. The minimum Gasteiger partial charge on any atom is -0.370 e. The molecule has 7 nitrogen and oxygen atoms in total. The van der Waals surface area contributed by atoms with Crippen molar-refractivity contribution in [2.45, 2.75) is 6.42 Å². The molecule has 24 heavy (non-hydrogen) atoms. The summed E-state index contributed by atoms with van der Waals surface area (Å²) in [6.07, 6.45) is 1.01. The molecule has 7 heteroatoms. The Morgan fingerprint density at radius 2 is 2.00 bits per heavy atom. The maximum absolute atomic E-state index is 12.3. The Kier molecular flexibility index (Phi) is 4.51. The van der Waals surface area contributed by atoms with Gasteiger partial charge in [-0.25, -0.2) is 0 Å². The van der Waals surface area contributed by atoms with Crippen LogP contribution in [0, 0.1) is 10.1 Å². The second kappa shape index (κ2) is 6.91. The summed E-state index contributed by atoms with van der Waals surface area (Å²) in [5.74, 6) is 0.508. The van der Waals surface area contributed by atoms with E-state index >= 15 is 0 Å². The molecule has 2 aromatic rings. The molecule has 1 aliphatic rings. The number of benzene rings is 2. The van der Waals surface area contributed by atoms with E-state index in [0.717, 1.165) is 30.9 Å². The van der Waals surface area contributed by atoms with Crippen LogP contribution in [0.3, 0.4) is 0 Å². The highest BCUT2D eigenvalue weighted by Crippen LogP contribution is 2.16. The number of aliphatic imine (C=N–C) groups is 1. The predicted octanol–water partition coefficient (Wildman–Crippen LogP) is 2.59. The Bertz CT molecular complexity index is 800. The third kappa shape index (κ3) is 3.57. The average Bonchev–Trinajstić information content (AvgIpc) is 2.63. The largest absolute Gasteiger partial charge is 0.370 e. The summed E-state index contributed by atoms with van der Waals surface area (Å²) in [7, 11) is 0. The second-order valence-electron chi connectivity index (χ2n) is 5.35. The molecule has 0 radical (unpaired) electrons. The Labute approximate surface area is 138 Å². The normalized spacial score (nSPS) is 13.6. The SMILES string of the molecule is O=C(Nc1cccc(C2=NCCCN2)c1)c1ccc([N+](=O)[O-])cc1. The molecular weight excluding hydrogens is 308 g/mol. The number of carbonyl (C=O) groups is 1. The quantitative estimate of drug-likeness (QED) is 0.667. The molecule has 122 valence electrons. The first-order chi connectivity index (χ1) is 11.6. The number of nitrogens with zero attached hydrogens (tertiary/aromatic N) is 2. The average molecular weight is 324 g/mol. The van der Waals surface area contributed by atoms with Crippen molar-refractivity contribution in [3.8, 4) is 0 Å². The summed E-state index contributed by atoms with van der Waals surface area (Å²) in [6.45, 7) is 1.68.